The average Bonchev–Trinajstić information content (AvgIpc) is 2.91. The van der Waals surface area contributed by atoms with Crippen LogP contribution in [0.4, 0.5) is 11.4 Å². The first kappa shape index (κ1) is 18.5. The third-order valence-electron chi connectivity index (χ3n) is 6.53. The topological polar surface area (TPSA) is 64.8 Å². The highest BCUT2D eigenvalue weighted by atomic mass is 16.6. The zero-order valence-electron chi connectivity index (χ0n) is 17.3. The number of non-ortho nitro benzene ring substituents is 1. The van der Waals surface area contributed by atoms with E-state index < -0.39 is 16.1 Å². The molecule has 1 spiro atoms. The van der Waals surface area contributed by atoms with Crippen molar-refractivity contribution in [3.8, 4) is 11.5 Å². The molecule has 5 rings (SSSR count). The Labute approximate surface area is 174 Å². The van der Waals surface area contributed by atoms with E-state index in [0.29, 0.717) is 17.1 Å². The Morgan fingerprint density at radius 1 is 1.13 bits per heavy atom. The van der Waals surface area contributed by atoms with E-state index in [9.17, 15) is 10.1 Å². The van der Waals surface area contributed by atoms with Crippen molar-refractivity contribution in [2.24, 2.45) is 0 Å². The summed E-state index contributed by atoms with van der Waals surface area (Å²) < 4.78 is 12.2. The van der Waals surface area contributed by atoms with Gasteiger partial charge in [-0.15, -0.1) is 0 Å². The van der Waals surface area contributed by atoms with E-state index in [0.717, 1.165) is 5.69 Å². The minimum absolute atomic E-state index is 0.0249. The van der Waals surface area contributed by atoms with E-state index >= 15 is 0 Å². The second-order valence-corrected chi connectivity index (χ2v) is 8.32. The second kappa shape index (κ2) is 5.98. The first-order valence-corrected chi connectivity index (χ1v) is 9.81. The molecular weight excluding hydrogens is 380 g/mol. The Morgan fingerprint density at radius 2 is 1.90 bits per heavy atom. The van der Waals surface area contributed by atoms with E-state index in [1.54, 1.807) is 0 Å². The number of nitrogens with zero attached hydrogens (tertiary/aromatic N) is 2. The largest absolute Gasteiger partial charge is 0.493 e. The van der Waals surface area contributed by atoms with Gasteiger partial charge in [-0.25, -0.2) is 0 Å². The van der Waals surface area contributed by atoms with Crippen LogP contribution in [0, 0.1) is 10.1 Å². The molecule has 6 nitrogen and oxygen atoms in total. The van der Waals surface area contributed by atoms with Gasteiger partial charge < -0.3 is 14.4 Å². The van der Waals surface area contributed by atoms with Crippen LogP contribution in [0.2, 0.25) is 0 Å². The van der Waals surface area contributed by atoms with Crippen LogP contribution in [-0.4, -0.2) is 24.8 Å². The van der Waals surface area contributed by atoms with Crippen LogP contribution >= 0.6 is 0 Å². The van der Waals surface area contributed by atoms with Gasteiger partial charge in [-0.05, 0) is 48.4 Å². The van der Waals surface area contributed by atoms with Gasteiger partial charge in [0.05, 0.1) is 23.5 Å². The number of nitro benzene ring substituents is 1. The molecule has 152 valence electrons. The van der Waals surface area contributed by atoms with Gasteiger partial charge in [-0.2, -0.15) is 0 Å². The van der Waals surface area contributed by atoms with Crippen molar-refractivity contribution in [2.45, 2.75) is 25.0 Å². The van der Waals surface area contributed by atoms with E-state index in [1.807, 2.05) is 25.3 Å². The molecule has 0 radical (unpaired) electrons. The van der Waals surface area contributed by atoms with Crippen LogP contribution < -0.4 is 14.4 Å². The Hall–Kier alpha value is -3.54. The molecule has 0 saturated carbocycles. The molecular formula is C24H22N2O4. The molecule has 0 fully saturated rings. The Kier molecular flexibility index (Phi) is 3.69. The second-order valence-electron chi connectivity index (χ2n) is 8.32. The number of benzene rings is 3. The lowest BCUT2D eigenvalue weighted by atomic mass is 9.75. The van der Waals surface area contributed by atoms with Crippen molar-refractivity contribution in [1.82, 2.24) is 0 Å². The molecule has 0 saturated heterocycles. The van der Waals surface area contributed by atoms with Crippen LogP contribution in [-0.2, 0) is 5.41 Å². The van der Waals surface area contributed by atoms with Gasteiger partial charge in [0.25, 0.3) is 5.69 Å². The first-order chi connectivity index (χ1) is 14.3. The molecule has 0 bridgehead atoms. The van der Waals surface area contributed by atoms with E-state index in [4.69, 9.17) is 9.47 Å². The summed E-state index contributed by atoms with van der Waals surface area (Å²) in [6.07, 6.45) is 3.91. The number of fused-ring (bicyclic) bond motifs is 4. The number of rotatable bonds is 2. The fourth-order valence-electron chi connectivity index (χ4n) is 4.98. The van der Waals surface area contributed by atoms with E-state index in [2.05, 4.69) is 49.1 Å². The van der Waals surface area contributed by atoms with E-state index in [-0.39, 0.29) is 5.69 Å². The normalized spacial score (nSPS) is 20.7. The summed E-state index contributed by atoms with van der Waals surface area (Å²) >= 11 is 0. The monoisotopic (exact) mass is 402 g/mol. The minimum atomic E-state index is -0.796. The molecule has 0 aliphatic carbocycles. The van der Waals surface area contributed by atoms with E-state index in [1.165, 1.54) is 35.6 Å². The lowest BCUT2D eigenvalue weighted by molar-refractivity contribution is -0.385. The summed E-state index contributed by atoms with van der Waals surface area (Å²) in [6, 6.07) is 15.6. The summed E-state index contributed by atoms with van der Waals surface area (Å²) in [5, 5.41) is 13.7. The Bertz CT molecular complexity index is 1250. The lowest BCUT2D eigenvalue weighted by Crippen LogP contribution is -2.58. The molecule has 2 aliphatic rings. The summed E-state index contributed by atoms with van der Waals surface area (Å²) in [7, 11) is 3.52. The van der Waals surface area contributed by atoms with Gasteiger partial charge in [0.15, 0.2) is 11.5 Å². The zero-order chi connectivity index (χ0) is 21.3. The van der Waals surface area contributed by atoms with Crippen LogP contribution in [0.3, 0.4) is 0 Å². The standard InChI is InChI=1S/C24H22N2O4/c1-23(2)21-18-8-6-5-7-15(18)9-10-19(21)25(3)24(23)12-11-16-13-17(26(27)28)14-20(29-4)22(16)30-24/h5-14H,1-4H3/t24-/m0/s1. The fourth-order valence-corrected chi connectivity index (χ4v) is 4.98. The molecule has 3 aromatic carbocycles. The molecule has 0 unspecified atom stereocenters. The van der Waals surface area contributed by atoms with Gasteiger partial charge in [0.2, 0.25) is 5.72 Å². The molecule has 2 aliphatic heterocycles. The van der Waals surface area contributed by atoms with Gasteiger partial charge >= 0.3 is 0 Å². The molecule has 6 heteroatoms. The molecule has 1 atom stereocenters. The van der Waals surface area contributed by atoms with Crippen LogP contribution in [0.1, 0.15) is 25.0 Å². The fraction of sp³-hybridized carbons (Fsp3) is 0.250. The van der Waals surface area contributed by atoms with Crippen molar-refractivity contribution in [3.05, 3.63) is 75.8 Å². The van der Waals surface area contributed by atoms with Crippen LogP contribution in [0.15, 0.2) is 54.6 Å². The molecule has 0 N–H and O–H groups in total. The molecule has 0 amide bonds. The Morgan fingerprint density at radius 3 is 2.63 bits per heavy atom. The SMILES string of the molecule is COc1cc([N+](=O)[O-])cc2c1O[C@]1(C=C2)N(C)c2ccc3ccccc3c2C1(C)C. The van der Waals surface area contributed by atoms with Gasteiger partial charge in [0, 0.05) is 24.4 Å². The molecule has 0 aromatic heterocycles. The maximum absolute atomic E-state index is 11.3. The quantitative estimate of drug-likeness (QED) is 0.431. The van der Waals surface area contributed by atoms with Crippen molar-refractivity contribution in [3.63, 3.8) is 0 Å². The van der Waals surface area contributed by atoms with Gasteiger partial charge in [-0.3, -0.25) is 10.1 Å². The summed E-state index contributed by atoms with van der Waals surface area (Å²) in [6.45, 7) is 4.35. The highest BCUT2D eigenvalue weighted by Gasteiger charge is 2.58. The molecule has 2 heterocycles. The van der Waals surface area contributed by atoms with Crippen molar-refractivity contribution < 1.29 is 14.4 Å². The summed E-state index contributed by atoms with van der Waals surface area (Å²) in [5.74, 6) is 0.871. The van der Waals surface area contributed by atoms with Crippen LogP contribution in [0.25, 0.3) is 16.8 Å². The minimum Gasteiger partial charge on any atom is -0.493 e. The number of likely N-dealkylation sites (N-methyl/N-ethyl adjacent to an activating group) is 1. The zero-order valence-corrected chi connectivity index (χ0v) is 17.3. The maximum atomic E-state index is 11.3. The van der Waals surface area contributed by atoms with Crippen molar-refractivity contribution in [2.75, 3.05) is 19.1 Å². The number of nitro groups is 1. The smallest absolute Gasteiger partial charge is 0.274 e. The summed E-state index contributed by atoms with van der Waals surface area (Å²) in [5.41, 5.74) is 1.74. The van der Waals surface area contributed by atoms with Crippen molar-refractivity contribution in [1.29, 1.82) is 0 Å². The van der Waals surface area contributed by atoms with Crippen molar-refractivity contribution >= 4 is 28.2 Å². The highest BCUT2D eigenvalue weighted by Crippen LogP contribution is 2.57. The summed E-state index contributed by atoms with van der Waals surface area (Å²) in [4.78, 5) is 13.0. The number of anilines is 1. The molecule has 30 heavy (non-hydrogen) atoms. The molecule has 3 aromatic rings. The lowest BCUT2D eigenvalue weighted by Gasteiger charge is -2.46. The predicted octanol–water partition coefficient (Wildman–Crippen LogP) is 5.29. The maximum Gasteiger partial charge on any atom is 0.274 e. The van der Waals surface area contributed by atoms with Crippen LogP contribution in [0.5, 0.6) is 11.5 Å². The van der Waals surface area contributed by atoms with Gasteiger partial charge in [-0.1, -0.05) is 30.3 Å². The third kappa shape index (κ3) is 2.19. The number of hydrogen-bond donors (Lipinski definition) is 0. The number of methoxy groups -OCH3 is 1. The number of hydrogen-bond acceptors (Lipinski definition) is 5. The van der Waals surface area contributed by atoms with Gasteiger partial charge in [0.1, 0.15) is 0 Å². The predicted molar refractivity (Wildman–Crippen MR) is 117 cm³/mol. The highest BCUT2D eigenvalue weighted by molar-refractivity contribution is 5.94. The number of ether oxygens (including phenoxy) is 2. The Balaban J connectivity index is 1.73. The average molecular weight is 402 g/mol. The third-order valence-corrected chi connectivity index (χ3v) is 6.53. The first-order valence-electron chi connectivity index (χ1n) is 9.81.